The second-order valence-electron chi connectivity index (χ2n) is 3.74. The first-order valence-corrected chi connectivity index (χ1v) is 7.04. The minimum absolute atomic E-state index is 0.813. The molecule has 0 atom stereocenters. The zero-order chi connectivity index (χ0) is 10.7. The minimum atomic E-state index is 0.813. The molecule has 15 heavy (non-hydrogen) atoms. The van der Waals surface area contributed by atoms with E-state index in [2.05, 4.69) is 33.0 Å². The number of hydrogen-bond donors (Lipinski definition) is 1. The molecule has 1 fully saturated rings. The third-order valence-corrected chi connectivity index (χ3v) is 4.20. The summed E-state index contributed by atoms with van der Waals surface area (Å²) in [6, 6.07) is 6.21. The molecular formula is C11H15BrN2S. The summed E-state index contributed by atoms with van der Waals surface area (Å²) in [6.07, 6.45) is 0. The molecule has 0 amide bonds. The van der Waals surface area contributed by atoms with Gasteiger partial charge in [0.25, 0.3) is 0 Å². The van der Waals surface area contributed by atoms with E-state index in [0.717, 1.165) is 16.7 Å². The van der Waals surface area contributed by atoms with Crippen LogP contribution in [0.3, 0.4) is 0 Å². The minimum Gasteiger partial charge on any atom is -0.398 e. The van der Waals surface area contributed by atoms with E-state index in [4.69, 9.17) is 5.73 Å². The maximum Gasteiger partial charge on any atom is 0.0458 e. The Morgan fingerprint density at radius 2 is 2.07 bits per heavy atom. The first kappa shape index (κ1) is 11.3. The lowest BCUT2D eigenvalue weighted by atomic mass is 10.2. The van der Waals surface area contributed by atoms with Crippen molar-refractivity contribution in [2.75, 3.05) is 30.3 Å². The van der Waals surface area contributed by atoms with Gasteiger partial charge in [-0.2, -0.15) is 11.8 Å². The molecule has 0 spiro atoms. The molecule has 1 saturated heterocycles. The fourth-order valence-electron chi connectivity index (χ4n) is 1.69. The van der Waals surface area contributed by atoms with Crippen molar-refractivity contribution < 1.29 is 0 Å². The summed E-state index contributed by atoms with van der Waals surface area (Å²) in [7, 11) is 0. The summed E-state index contributed by atoms with van der Waals surface area (Å²) in [5.74, 6) is 2.52. The van der Waals surface area contributed by atoms with Crippen molar-refractivity contribution in [3.63, 3.8) is 0 Å². The Kier molecular flexibility index (Phi) is 3.94. The van der Waals surface area contributed by atoms with E-state index in [9.17, 15) is 0 Å². The quantitative estimate of drug-likeness (QED) is 0.848. The van der Waals surface area contributed by atoms with Crippen LogP contribution in [0.2, 0.25) is 0 Å². The van der Waals surface area contributed by atoms with E-state index in [1.165, 1.54) is 30.2 Å². The lowest BCUT2D eigenvalue weighted by Gasteiger charge is -2.26. The number of halogens is 1. The summed E-state index contributed by atoms with van der Waals surface area (Å²) in [5.41, 5.74) is 7.91. The maximum atomic E-state index is 5.76. The van der Waals surface area contributed by atoms with Crippen LogP contribution >= 0.6 is 27.7 Å². The largest absolute Gasteiger partial charge is 0.398 e. The van der Waals surface area contributed by atoms with Gasteiger partial charge < -0.3 is 5.73 Å². The number of hydrogen-bond acceptors (Lipinski definition) is 3. The Bertz CT molecular complexity index is 337. The van der Waals surface area contributed by atoms with Gasteiger partial charge in [-0.3, -0.25) is 4.90 Å². The van der Waals surface area contributed by atoms with Crippen molar-refractivity contribution in [3.8, 4) is 0 Å². The molecule has 0 aliphatic carbocycles. The third-order valence-electron chi connectivity index (χ3n) is 2.57. The predicted molar refractivity (Wildman–Crippen MR) is 71.2 cm³/mol. The fraction of sp³-hybridized carbons (Fsp3) is 0.455. The van der Waals surface area contributed by atoms with Gasteiger partial charge in [-0.05, 0) is 33.6 Å². The van der Waals surface area contributed by atoms with Crippen LogP contribution in [0.4, 0.5) is 5.69 Å². The van der Waals surface area contributed by atoms with E-state index in [-0.39, 0.29) is 0 Å². The van der Waals surface area contributed by atoms with Gasteiger partial charge >= 0.3 is 0 Å². The van der Waals surface area contributed by atoms with Crippen LogP contribution in [0, 0.1) is 0 Å². The number of nitrogen functional groups attached to an aromatic ring is 1. The predicted octanol–water partition coefficient (Wildman–Crippen LogP) is 2.58. The van der Waals surface area contributed by atoms with Crippen LogP contribution in [0.15, 0.2) is 22.7 Å². The average molecular weight is 287 g/mol. The van der Waals surface area contributed by atoms with Gasteiger partial charge in [-0.1, -0.05) is 6.07 Å². The Morgan fingerprint density at radius 3 is 2.73 bits per heavy atom. The topological polar surface area (TPSA) is 29.3 Å². The lowest BCUT2D eigenvalue weighted by Crippen LogP contribution is -2.31. The van der Waals surface area contributed by atoms with Crippen molar-refractivity contribution in [2.45, 2.75) is 6.54 Å². The standard InChI is InChI=1S/C11H15BrN2S/c12-10-7-9(1-2-11(10)13)8-14-3-5-15-6-4-14/h1-2,7H,3-6,8,13H2. The van der Waals surface area contributed by atoms with Crippen LogP contribution in [0.1, 0.15) is 5.56 Å². The van der Waals surface area contributed by atoms with E-state index >= 15 is 0 Å². The molecule has 2 N–H and O–H groups in total. The number of benzene rings is 1. The van der Waals surface area contributed by atoms with Crippen molar-refractivity contribution in [1.29, 1.82) is 0 Å². The Balaban J connectivity index is 2.00. The molecule has 1 aliphatic heterocycles. The van der Waals surface area contributed by atoms with Crippen LogP contribution in [-0.4, -0.2) is 29.5 Å². The van der Waals surface area contributed by atoms with Gasteiger partial charge in [0.1, 0.15) is 0 Å². The number of anilines is 1. The third kappa shape index (κ3) is 3.13. The number of rotatable bonds is 2. The first-order chi connectivity index (χ1) is 7.25. The van der Waals surface area contributed by atoms with Crippen LogP contribution < -0.4 is 5.73 Å². The van der Waals surface area contributed by atoms with Crippen LogP contribution in [-0.2, 0) is 6.54 Å². The van der Waals surface area contributed by atoms with E-state index in [1.807, 2.05) is 17.8 Å². The highest BCUT2D eigenvalue weighted by Crippen LogP contribution is 2.22. The SMILES string of the molecule is Nc1ccc(CN2CCSCC2)cc1Br. The molecule has 2 rings (SSSR count). The normalized spacial score (nSPS) is 17.9. The monoisotopic (exact) mass is 286 g/mol. The Hall–Kier alpha value is -0.190. The summed E-state index contributed by atoms with van der Waals surface area (Å²) >= 11 is 5.51. The number of thioether (sulfide) groups is 1. The molecule has 82 valence electrons. The second kappa shape index (κ2) is 5.23. The van der Waals surface area contributed by atoms with Crippen LogP contribution in [0.5, 0.6) is 0 Å². The van der Waals surface area contributed by atoms with E-state index < -0.39 is 0 Å². The Morgan fingerprint density at radius 1 is 1.33 bits per heavy atom. The highest BCUT2D eigenvalue weighted by molar-refractivity contribution is 9.10. The van der Waals surface area contributed by atoms with Gasteiger partial charge in [-0.15, -0.1) is 0 Å². The lowest BCUT2D eigenvalue weighted by molar-refractivity contribution is 0.294. The molecule has 0 saturated carbocycles. The molecule has 1 aromatic rings. The smallest absolute Gasteiger partial charge is 0.0458 e. The zero-order valence-corrected chi connectivity index (χ0v) is 11.0. The van der Waals surface area contributed by atoms with Crippen molar-refractivity contribution in [3.05, 3.63) is 28.2 Å². The molecule has 4 heteroatoms. The molecule has 1 aromatic carbocycles. The maximum absolute atomic E-state index is 5.76. The summed E-state index contributed by atoms with van der Waals surface area (Å²) < 4.78 is 1.01. The summed E-state index contributed by atoms with van der Waals surface area (Å²) in [4.78, 5) is 2.49. The first-order valence-electron chi connectivity index (χ1n) is 5.10. The molecule has 2 nitrogen and oxygen atoms in total. The number of nitrogens with two attached hydrogens (primary N) is 1. The van der Waals surface area contributed by atoms with Gasteiger partial charge in [0.15, 0.2) is 0 Å². The van der Waals surface area contributed by atoms with Gasteiger partial charge in [0.05, 0.1) is 0 Å². The van der Waals surface area contributed by atoms with Crippen molar-refractivity contribution in [1.82, 2.24) is 4.90 Å². The van der Waals surface area contributed by atoms with Gasteiger partial charge in [-0.25, -0.2) is 0 Å². The van der Waals surface area contributed by atoms with E-state index in [1.54, 1.807) is 0 Å². The Labute approximate surface area is 103 Å². The molecule has 0 aromatic heterocycles. The fourth-order valence-corrected chi connectivity index (χ4v) is 3.09. The summed E-state index contributed by atoms with van der Waals surface area (Å²) in [5, 5.41) is 0. The summed E-state index contributed by atoms with van der Waals surface area (Å²) in [6.45, 7) is 3.44. The van der Waals surface area contributed by atoms with Gasteiger partial charge in [0, 0.05) is 41.3 Å². The molecule has 0 bridgehead atoms. The molecule has 0 unspecified atom stereocenters. The second-order valence-corrected chi connectivity index (χ2v) is 5.82. The molecule has 1 aliphatic rings. The molecule has 1 heterocycles. The zero-order valence-electron chi connectivity index (χ0n) is 8.58. The number of nitrogens with zero attached hydrogens (tertiary/aromatic N) is 1. The van der Waals surface area contributed by atoms with Crippen molar-refractivity contribution in [2.24, 2.45) is 0 Å². The highest BCUT2D eigenvalue weighted by Gasteiger charge is 2.10. The molecule has 0 radical (unpaired) electrons. The van der Waals surface area contributed by atoms with Gasteiger partial charge in [0.2, 0.25) is 0 Å². The van der Waals surface area contributed by atoms with Crippen molar-refractivity contribution >= 4 is 33.4 Å². The van der Waals surface area contributed by atoms with E-state index in [0.29, 0.717) is 0 Å². The molecular weight excluding hydrogens is 272 g/mol. The average Bonchev–Trinajstić information content (AvgIpc) is 2.25. The highest BCUT2D eigenvalue weighted by atomic mass is 79.9. The van der Waals surface area contributed by atoms with Crippen LogP contribution in [0.25, 0.3) is 0 Å².